The standard InChI is InChI=1S/C16H21F3N2O/c17-16(18,19)13-3-1-2-4-14(13)22-12-11-21-9-6-15(7-10-21)5-8-20-15/h1-4,20H,5-12H2. The molecule has 0 amide bonds. The Bertz CT molecular complexity index is 504. The van der Waals surface area contributed by atoms with Gasteiger partial charge in [0, 0.05) is 25.2 Å². The van der Waals surface area contributed by atoms with Gasteiger partial charge in [0.2, 0.25) is 0 Å². The number of nitrogens with zero attached hydrogens (tertiary/aromatic N) is 1. The second-order valence-electron chi connectivity index (χ2n) is 6.14. The number of hydrogen-bond donors (Lipinski definition) is 1. The minimum Gasteiger partial charge on any atom is -0.492 e. The maximum absolute atomic E-state index is 12.9. The van der Waals surface area contributed by atoms with Crippen molar-refractivity contribution >= 4 is 0 Å². The molecule has 2 fully saturated rings. The molecule has 2 saturated heterocycles. The lowest BCUT2D eigenvalue weighted by atomic mass is 9.79. The van der Waals surface area contributed by atoms with Crippen LogP contribution >= 0.6 is 0 Å². The summed E-state index contributed by atoms with van der Waals surface area (Å²) in [5.41, 5.74) is -0.355. The molecular weight excluding hydrogens is 293 g/mol. The van der Waals surface area contributed by atoms with Crippen molar-refractivity contribution in [3.63, 3.8) is 0 Å². The van der Waals surface area contributed by atoms with Gasteiger partial charge in [-0.25, -0.2) is 0 Å². The van der Waals surface area contributed by atoms with Gasteiger partial charge in [-0.1, -0.05) is 12.1 Å². The third-order valence-electron chi connectivity index (χ3n) is 4.77. The van der Waals surface area contributed by atoms with Crippen LogP contribution in [0.25, 0.3) is 0 Å². The van der Waals surface area contributed by atoms with Gasteiger partial charge in [-0.15, -0.1) is 0 Å². The highest BCUT2D eigenvalue weighted by Gasteiger charge is 2.39. The number of alkyl halides is 3. The third kappa shape index (κ3) is 3.38. The lowest BCUT2D eigenvalue weighted by molar-refractivity contribution is -0.139. The van der Waals surface area contributed by atoms with Crippen molar-refractivity contribution in [3.8, 4) is 5.75 Å². The van der Waals surface area contributed by atoms with Gasteiger partial charge in [-0.3, -0.25) is 4.90 Å². The number of nitrogens with one attached hydrogen (secondary N) is 1. The predicted octanol–water partition coefficient (Wildman–Crippen LogP) is 2.91. The Balaban J connectivity index is 1.48. The number of rotatable bonds is 4. The zero-order valence-electron chi connectivity index (χ0n) is 12.5. The van der Waals surface area contributed by atoms with E-state index < -0.39 is 11.7 Å². The van der Waals surface area contributed by atoms with Crippen LogP contribution in [0.3, 0.4) is 0 Å². The zero-order chi connectivity index (χ0) is 15.6. The minimum atomic E-state index is -4.37. The van der Waals surface area contributed by atoms with E-state index in [0.29, 0.717) is 12.1 Å². The van der Waals surface area contributed by atoms with Crippen molar-refractivity contribution in [1.29, 1.82) is 0 Å². The van der Waals surface area contributed by atoms with Crippen LogP contribution in [0.15, 0.2) is 24.3 Å². The molecule has 1 N–H and O–H groups in total. The van der Waals surface area contributed by atoms with Crippen molar-refractivity contribution < 1.29 is 17.9 Å². The minimum absolute atomic E-state index is 0.0795. The third-order valence-corrected chi connectivity index (χ3v) is 4.77. The summed E-state index contributed by atoms with van der Waals surface area (Å²) < 4.78 is 44.0. The summed E-state index contributed by atoms with van der Waals surface area (Å²) in [7, 11) is 0. The monoisotopic (exact) mass is 314 g/mol. The Morgan fingerprint density at radius 2 is 1.82 bits per heavy atom. The number of hydrogen-bond acceptors (Lipinski definition) is 3. The molecule has 0 aliphatic carbocycles. The molecule has 6 heteroatoms. The molecule has 0 aromatic heterocycles. The van der Waals surface area contributed by atoms with Gasteiger partial charge in [0.15, 0.2) is 0 Å². The summed E-state index contributed by atoms with van der Waals surface area (Å²) >= 11 is 0. The summed E-state index contributed by atoms with van der Waals surface area (Å²) in [6, 6.07) is 5.39. The smallest absolute Gasteiger partial charge is 0.419 e. The molecule has 2 aliphatic rings. The number of piperidine rings is 1. The molecule has 0 unspecified atom stereocenters. The van der Waals surface area contributed by atoms with Crippen molar-refractivity contribution in [3.05, 3.63) is 29.8 Å². The van der Waals surface area contributed by atoms with E-state index in [1.807, 2.05) is 0 Å². The topological polar surface area (TPSA) is 24.5 Å². The first-order chi connectivity index (χ1) is 10.5. The molecular formula is C16H21F3N2O. The summed E-state index contributed by atoms with van der Waals surface area (Å²) in [5, 5.41) is 3.50. The summed E-state index contributed by atoms with van der Waals surface area (Å²) in [5.74, 6) is -0.0795. The zero-order valence-corrected chi connectivity index (χ0v) is 12.5. The Kier molecular flexibility index (Phi) is 4.32. The number of benzene rings is 1. The highest BCUT2D eigenvalue weighted by atomic mass is 19.4. The van der Waals surface area contributed by atoms with Gasteiger partial charge < -0.3 is 10.1 Å². The molecule has 122 valence electrons. The van der Waals surface area contributed by atoms with E-state index in [-0.39, 0.29) is 12.4 Å². The van der Waals surface area contributed by atoms with Crippen molar-refractivity contribution in [1.82, 2.24) is 10.2 Å². The van der Waals surface area contributed by atoms with Gasteiger partial charge in [-0.05, 0) is 37.9 Å². The molecule has 3 rings (SSSR count). The van der Waals surface area contributed by atoms with Crippen molar-refractivity contribution in [2.45, 2.75) is 31.0 Å². The van der Waals surface area contributed by atoms with E-state index >= 15 is 0 Å². The van der Waals surface area contributed by atoms with Crippen LogP contribution in [-0.4, -0.2) is 43.2 Å². The van der Waals surface area contributed by atoms with E-state index in [2.05, 4.69) is 10.2 Å². The first-order valence-corrected chi connectivity index (χ1v) is 7.75. The number of halogens is 3. The molecule has 2 heterocycles. The average molecular weight is 314 g/mol. The SMILES string of the molecule is FC(F)(F)c1ccccc1OCCN1CCC2(CCN2)CC1. The maximum atomic E-state index is 12.9. The highest BCUT2D eigenvalue weighted by molar-refractivity contribution is 5.35. The Morgan fingerprint density at radius 3 is 2.41 bits per heavy atom. The van der Waals surface area contributed by atoms with Crippen LogP contribution in [0, 0.1) is 0 Å². The second-order valence-corrected chi connectivity index (χ2v) is 6.14. The quantitative estimate of drug-likeness (QED) is 0.925. The van der Waals surface area contributed by atoms with Crippen LogP contribution in [0.1, 0.15) is 24.8 Å². The van der Waals surface area contributed by atoms with E-state index in [0.717, 1.165) is 38.5 Å². The van der Waals surface area contributed by atoms with Gasteiger partial charge >= 0.3 is 6.18 Å². The van der Waals surface area contributed by atoms with Crippen LogP contribution in [0.4, 0.5) is 13.2 Å². The highest BCUT2D eigenvalue weighted by Crippen LogP contribution is 2.36. The first-order valence-electron chi connectivity index (χ1n) is 7.75. The number of para-hydroxylation sites is 1. The van der Waals surface area contributed by atoms with E-state index in [1.165, 1.54) is 18.6 Å². The molecule has 0 radical (unpaired) electrons. The second kappa shape index (κ2) is 6.08. The van der Waals surface area contributed by atoms with Crippen LogP contribution in [0.2, 0.25) is 0 Å². The van der Waals surface area contributed by atoms with Gasteiger partial charge in [0.05, 0.1) is 5.56 Å². The van der Waals surface area contributed by atoms with E-state index in [4.69, 9.17) is 4.74 Å². The molecule has 2 aliphatic heterocycles. The Labute approximate surface area is 128 Å². The van der Waals surface area contributed by atoms with Crippen LogP contribution in [0.5, 0.6) is 5.75 Å². The fourth-order valence-electron chi connectivity index (χ4n) is 3.22. The van der Waals surface area contributed by atoms with Crippen molar-refractivity contribution in [2.75, 3.05) is 32.8 Å². The Hall–Kier alpha value is -1.27. The van der Waals surface area contributed by atoms with E-state index in [9.17, 15) is 13.2 Å². The molecule has 1 aromatic carbocycles. The summed E-state index contributed by atoms with van der Waals surface area (Å²) in [6.07, 6.45) is -0.890. The summed E-state index contributed by atoms with van der Waals surface area (Å²) in [4.78, 5) is 2.27. The first kappa shape index (κ1) is 15.6. The molecule has 3 nitrogen and oxygen atoms in total. The molecule has 0 bridgehead atoms. The molecule has 1 spiro atoms. The predicted molar refractivity (Wildman–Crippen MR) is 78.0 cm³/mol. The number of ether oxygens (including phenoxy) is 1. The molecule has 1 aromatic rings. The normalized spacial score (nSPS) is 21.6. The lowest BCUT2D eigenvalue weighted by Crippen LogP contribution is -2.62. The van der Waals surface area contributed by atoms with Crippen molar-refractivity contribution in [2.24, 2.45) is 0 Å². The molecule has 0 atom stereocenters. The summed E-state index contributed by atoms with van der Waals surface area (Å²) in [6.45, 7) is 4.03. The van der Waals surface area contributed by atoms with Gasteiger partial charge in [-0.2, -0.15) is 13.2 Å². The van der Waals surface area contributed by atoms with E-state index in [1.54, 1.807) is 6.07 Å². The van der Waals surface area contributed by atoms with Gasteiger partial charge in [0.25, 0.3) is 0 Å². The Morgan fingerprint density at radius 1 is 1.14 bits per heavy atom. The van der Waals surface area contributed by atoms with Crippen LogP contribution in [-0.2, 0) is 6.18 Å². The molecule has 0 saturated carbocycles. The lowest BCUT2D eigenvalue weighted by Gasteiger charge is -2.48. The maximum Gasteiger partial charge on any atom is 0.419 e. The van der Waals surface area contributed by atoms with Gasteiger partial charge in [0.1, 0.15) is 12.4 Å². The largest absolute Gasteiger partial charge is 0.492 e. The molecule has 22 heavy (non-hydrogen) atoms. The average Bonchev–Trinajstić information content (AvgIpc) is 2.46. The fourth-order valence-corrected chi connectivity index (χ4v) is 3.22. The van der Waals surface area contributed by atoms with Crippen LogP contribution < -0.4 is 10.1 Å². The number of likely N-dealkylation sites (tertiary alicyclic amines) is 1. The fraction of sp³-hybridized carbons (Fsp3) is 0.625.